The number of ether oxygens (including phenoxy) is 2. The zero-order valence-corrected chi connectivity index (χ0v) is 24.0. The first-order valence-electron chi connectivity index (χ1n) is 13.6. The Kier molecular flexibility index (Phi) is 7.61. The van der Waals surface area contributed by atoms with Gasteiger partial charge in [0.2, 0.25) is 0 Å². The molecule has 1 aliphatic rings. The normalized spacial score (nSPS) is 14.1. The SMILES string of the molecule is CN(C)CCOc1nc2cc(-c3cc(O)cc4ccccc34)c(F)cc2n(CC2CN(C(=O)OC(C)(C)C)C2)c1=O. The number of likely N-dealkylation sites (N-methyl/N-ethyl adjacent to an activating group) is 1. The van der Waals surface area contributed by atoms with Crippen molar-refractivity contribution in [3.05, 3.63) is 64.7 Å². The van der Waals surface area contributed by atoms with Crippen molar-refractivity contribution in [2.75, 3.05) is 40.3 Å². The Morgan fingerprint density at radius 3 is 2.56 bits per heavy atom. The highest BCUT2D eigenvalue weighted by atomic mass is 19.1. The molecule has 0 atom stereocenters. The number of amides is 1. The standard InChI is InChI=1S/C31H35FN4O5/c1-31(2,3)41-30(39)35-16-19(17-35)18-36-27-15-25(32)24(23-13-21(37)12-20-8-6-7-9-22(20)23)14-26(27)33-28(29(36)38)40-11-10-34(4)5/h6-9,12-15,19,37H,10-11,16-18H2,1-5H3. The third-order valence-electron chi connectivity index (χ3n) is 6.97. The molecule has 5 rings (SSSR count). The second kappa shape index (κ2) is 11.0. The Labute approximate surface area is 237 Å². The van der Waals surface area contributed by atoms with Crippen molar-refractivity contribution in [2.24, 2.45) is 5.92 Å². The second-order valence-electron chi connectivity index (χ2n) is 11.8. The van der Waals surface area contributed by atoms with Crippen LogP contribution in [0.1, 0.15) is 20.8 Å². The molecular formula is C31H35FN4O5. The second-order valence-corrected chi connectivity index (χ2v) is 11.8. The third kappa shape index (κ3) is 6.12. The first-order valence-corrected chi connectivity index (χ1v) is 13.6. The maximum absolute atomic E-state index is 15.8. The molecule has 4 aromatic rings. The number of likely N-dealkylation sites (tertiary alicyclic amines) is 1. The molecule has 1 amide bonds. The Bertz CT molecular complexity index is 1670. The zero-order chi connectivity index (χ0) is 29.5. The monoisotopic (exact) mass is 562 g/mol. The molecule has 9 nitrogen and oxygen atoms in total. The van der Waals surface area contributed by atoms with E-state index in [1.807, 2.05) is 64.0 Å². The molecule has 1 aromatic heterocycles. The molecule has 0 aliphatic carbocycles. The topological polar surface area (TPSA) is 97.1 Å². The third-order valence-corrected chi connectivity index (χ3v) is 6.97. The highest BCUT2D eigenvalue weighted by Gasteiger charge is 2.34. The van der Waals surface area contributed by atoms with Crippen molar-refractivity contribution in [3.63, 3.8) is 0 Å². The molecular weight excluding hydrogens is 527 g/mol. The number of hydrogen-bond donors (Lipinski definition) is 1. The van der Waals surface area contributed by atoms with Crippen LogP contribution in [0, 0.1) is 11.7 Å². The summed E-state index contributed by atoms with van der Waals surface area (Å²) < 4.78 is 28.5. The Balaban J connectivity index is 1.54. The van der Waals surface area contributed by atoms with E-state index in [9.17, 15) is 14.7 Å². The van der Waals surface area contributed by atoms with Gasteiger partial charge in [-0.15, -0.1) is 0 Å². The highest BCUT2D eigenvalue weighted by Crippen LogP contribution is 2.36. The minimum atomic E-state index is -0.602. The molecule has 1 N–H and O–H groups in total. The fraction of sp³-hybridized carbons (Fsp3) is 0.387. The van der Waals surface area contributed by atoms with Crippen LogP contribution in [-0.4, -0.2) is 76.5 Å². The van der Waals surface area contributed by atoms with Gasteiger partial charge in [0.05, 0.1) is 11.0 Å². The molecule has 0 radical (unpaired) electrons. The van der Waals surface area contributed by atoms with Crippen LogP contribution in [0.4, 0.5) is 9.18 Å². The highest BCUT2D eigenvalue weighted by molar-refractivity contribution is 5.99. The van der Waals surface area contributed by atoms with Crippen molar-refractivity contribution in [3.8, 4) is 22.8 Å². The van der Waals surface area contributed by atoms with Crippen molar-refractivity contribution in [1.29, 1.82) is 0 Å². The quantitative estimate of drug-likeness (QED) is 0.343. The number of nitrogens with zero attached hydrogens (tertiary/aromatic N) is 4. The summed E-state index contributed by atoms with van der Waals surface area (Å²) in [5.74, 6) is -0.629. The first kappa shape index (κ1) is 28.4. The lowest BCUT2D eigenvalue weighted by atomic mass is 9.96. The van der Waals surface area contributed by atoms with Crippen LogP contribution < -0.4 is 10.3 Å². The van der Waals surface area contributed by atoms with Gasteiger partial charge in [-0.25, -0.2) is 14.2 Å². The lowest BCUT2D eigenvalue weighted by Crippen LogP contribution is -2.53. The molecule has 0 bridgehead atoms. The summed E-state index contributed by atoms with van der Waals surface area (Å²) >= 11 is 0. The van der Waals surface area contributed by atoms with E-state index in [-0.39, 0.29) is 36.3 Å². The molecule has 41 heavy (non-hydrogen) atoms. The van der Waals surface area contributed by atoms with E-state index < -0.39 is 23.1 Å². The van der Waals surface area contributed by atoms with Crippen LogP contribution in [-0.2, 0) is 11.3 Å². The zero-order valence-electron chi connectivity index (χ0n) is 24.0. The van der Waals surface area contributed by atoms with Crippen LogP contribution in [0.5, 0.6) is 11.6 Å². The average molecular weight is 563 g/mol. The Morgan fingerprint density at radius 2 is 1.85 bits per heavy atom. The molecule has 0 saturated carbocycles. The summed E-state index contributed by atoms with van der Waals surface area (Å²) in [4.78, 5) is 34.0. The number of phenolic OH excluding ortho intramolecular Hbond substituents is 1. The number of carbonyl (C=O) groups is 1. The number of hydrogen-bond acceptors (Lipinski definition) is 7. The fourth-order valence-electron chi connectivity index (χ4n) is 4.98. The van der Waals surface area contributed by atoms with E-state index in [1.54, 1.807) is 17.0 Å². The number of benzene rings is 3. The molecule has 0 spiro atoms. The molecule has 1 fully saturated rings. The van der Waals surface area contributed by atoms with Gasteiger partial charge in [0.15, 0.2) is 0 Å². The fourth-order valence-corrected chi connectivity index (χ4v) is 4.98. The number of halogens is 1. The van der Waals surface area contributed by atoms with Gasteiger partial charge in [-0.1, -0.05) is 24.3 Å². The number of carbonyl (C=O) groups excluding carboxylic acids is 1. The lowest BCUT2D eigenvalue weighted by Gasteiger charge is -2.40. The number of fused-ring (bicyclic) bond motifs is 2. The van der Waals surface area contributed by atoms with Crippen LogP contribution in [0.25, 0.3) is 32.9 Å². The van der Waals surface area contributed by atoms with Crippen LogP contribution in [0.3, 0.4) is 0 Å². The van der Waals surface area contributed by atoms with Gasteiger partial charge in [-0.2, -0.15) is 0 Å². The molecule has 216 valence electrons. The van der Waals surface area contributed by atoms with E-state index in [4.69, 9.17) is 9.47 Å². The van der Waals surface area contributed by atoms with Crippen molar-refractivity contribution >= 4 is 27.9 Å². The van der Waals surface area contributed by atoms with E-state index in [0.717, 1.165) is 10.8 Å². The van der Waals surface area contributed by atoms with Gasteiger partial charge < -0.3 is 28.9 Å². The van der Waals surface area contributed by atoms with Crippen LogP contribution in [0.15, 0.2) is 53.3 Å². The Hall–Kier alpha value is -4.18. The minimum absolute atomic E-state index is 0.0170. The van der Waals surface area contributed by atoms with Gasteiger partial charge in [-0.05, 0) is 69.4 Å². The maximum atomic E-state index is 15.8. The lowest BCUT2D eigenvalue weighted by molar-refractivity contribution is -0.00333. The Morgan fingerprint density at radius 1 is 1.12 bits per heavy atom. The summed E-state index contributed by atoms with van der Waals surface area (Å²) in [5.41, 5.74) is 0.424. The van der Waals surface area contributed by atoms with E-state index in [0.29, 0.717) is 36.2 Å². The maximum Gasteiger partial charge on any atom is 0.410 e. The molecule has 3 aromatic carbocycles. The predicted molar refractivity (Wildman–Crippen MR) is 156 cm³/mol. The minimum Gasteiger partial charge on any atom is -0.508 e. The summed E-state index contributed by atoms with van der Waals surface area (Å²) in [6.45, 7) is 7.35. The average Bonchev–Trinajstić information content (AvgIpc) is 2.85. The van der Waals surface area contributed by atoms with Crippen molar-refractivity contribution < 1.29 is 23.8 Å². The first-order chi connectivity index (χ1) is 19.4. The van der Waals surface area contributed by atoms with Crippen molar-refractivity contribution in [2.45, 2.75) is 32.9 Å². The molecule has 0 unspecified atom stereocenters. The largest absolute Gasteiger partial charge is 0.508 e. The molecule has 2 heterocycles. The van der Waals surface area contributed by atoms with E-state index >= 15 is 4.39 Å². The summed E-state index contributed by atoms with van der Waals surface area (Å²) in [7, 11) is 3.80. The number of rotatable bonds is 7. The van der Waals surface area contributed by atoms with Crippen LogP contribution in [0.2, 0.25) is 0 Å². The summed E-state index contributed by atoms with van der Waals surface area (Å²) in [5, 5.41) is 11.9. The van der Waals surface area contributed by atoms with Crippen LogP contribution >= 0.6 is 0 Å². The van der Waals surface area contributed by atoms with Gasteiger partial charge in [0.25, 0.3) is 5.88 Å². The van der Waals surface area contributed by atoms with Gasteiger partial charge >= 0.3 is 11.7 Å². The van der Waals surface area contributed by atoms with E-state index in [1.165, 1.54) is 16.7 Å². The molecule has 1 saturated heterocycles. The number of phenols is 1. The summed E-state index contributed by atoms with van der Waals surface area (Å²) in [6, 6.07) is 13.5. The van der Waals surface area contributed by atoms with Crippen molar-refractivity contribution in [1.82, 2.24) is 19.4 Å². The number of aromatic hydroxyl groups is 1. The van der Waals surface area contributed by atoms with Gasteiger partial charge in [-0.3, -0.25) is 4.79 Å². The molecule has 1 aliphatic heterocycles. The smallest absolute Gasteiger partial charge is 0.410 e. The number of aromatic nitrogens is 2. The predicted octanol–water partition coefficient (Wildman–Crippen LogP) is 4.87. The van der Waals surface area contributed by atoms with Gasteiger partial charge in [0, 0.05) is 43.7 Å². The van der Waals surface area contributed by atoms with Gasteiger partial charge in [0.1, 0.15) is 23.8 Å². The summed E-state index contributed by atoms with van der Waals surface area (Å²) in [6.07, 6.45) is -0.401. The molecule has 10 heteroatoms. The van der Waals surface area contributed by atoms with E-state index in [2.05, 4.69) is 4.98 Å².